The predicted octanol–water partition coefficient (Wildman–Crippen LogP) is 1.93. The molecule has 0 unspecified atom stereocenters. The highest BCUT2D eigenvalue weighted by atomic mass is 35.5. The molecule has 0 aliphatic rings. The lowest BCUT2D eigenvalue weighted by Crippen LogP contribution is -2.08. The molecular formula is C15H17ClFN5O2S. The van der Waals surface area contributed by atoms with E-state index in [1.165, 1.54) is 22.7 Å². The molecule has 3 aromatic rings. The van der Waals surface area contributed by atoms with Crippen molar-refractivity contribution in [2.45, 2.75) is 23.3 Å². The Kier molecular flexibility index (Phi) is 5.31. The SMILES string of the molecule is CNc1nn2c(C)cc(CN)nc2c1S(=O)(=O)c1cccc(F)c1.Cl. The summed E-state index contributed by atoms with van der Waals surface area (Å²) in [5.41, 5.74) is 7.02. The highest BCUT2D eigenvalue weighted by Crippen LogP contribution is 2.31. The van der Waals surface area contributed by atoms with Crippen LogP contribution in [0, 0.1) is 12.7 Å². The average molecular weight is 386 g/mol. The molecule has 0 aliphatic heterocycles. The van der Waals surface area contributed by atoms with Crippen LogP contribution in [0.4, 0.5) is 10.2 Å². The maximum atomic E-state index is 13.5. The largest absolute Gasteiger partial charge is 0.370 e. The lowest BCUT2D eigenvalue weighted by Gasteiger charge is -2.06. The summed E-state index contributed by atoms with van der Waals surface area (Å²) in [4.78, 5) is 4.04. The number of anilines is 1. The van der Waals surface area contributed by atoms with Crippen LogP contribution < -0.4 is 11.1 Å². The fourth-order valence-electron chi connectivity index (χ4n) is 2.48. The molecule has 0 amide bonds. The molecule has 0 fully saturated rings. The van der Waals surface area contributed by atoms with Crippen LogP contribution in [0.2, 0.25) is 0 Å². The van der Waals surface area contributed by atoms with Crippen LogP contribution in [-0.4, -0.2) is 30.1 Å². The van der Waals surface area contributed by atoms with E-state index >= 15 is 0 Å². The number of nitrogens with one attached hydrogen (secondary N) is 1. The van der Waals surface area contributed by atoms with Crippen LogP contribution in [0.5, 0.6) is 0 Å². The molecule has 10 heteroatoms. The predicted molar refractivity (Wildman–Crippen MR) is 94.3 cm³/mol. The Morgan fingerprint density at radius 2 is 2.04 bits per heavy atom. The first-order valence-electron chi connectivity index (χ1n) is 7.16. The molecule has 0 saturated heterocycles. The zero-order chi connectivity index (χ0) is 17.5. The molecule has 3 rings (SSSR count). The quantitative estimate of drug-likeness (QED) is 0.711. The lowest BCUT2D eigenvalue weighted by molar-refractivity contribution is 0.591. The van der Waals surface area contributed by atoms with Crippen LogP contribution >= 0.6 is 12.4 Å². The summed E-state index contributed by atoms with van der Waals surface area (Å²) in [6.07, 6.45) is 0. The van der Waals surface area contributed by atoms with Crippen molar-refractivity contribution in [1.29, 1.82) is 0 Å². The van der Waals surface area contributed by atoms with Gasteiger partial charge in [-0.15, -0.1) is 17.5 Å². The molecule has 25 heavy (non-hydrogen) atoms. The fourth-order valence-corrected chi connectivity index (χ4v) is 4.01. The molecule has 3 N–H and O–H groups in total. The molecule has 134 valence electrons. The molecule has 0 spiro atoms. The minimum atomic E-state index is -4.02. The third kappa shape index (κ3) is 3.17. The van der Waals surface area contributed by atoms with E-state index in [0.717, 1.165) is 6.07 Å². The molecule has 0 radical (unpaired) electrons. The molecule has 2 heterocycles. The number of fused-ring (bicyclic) bond motifs is 1. The molecule has 0 bridgehead atoms. The first kappa shape index (κ1) is 19.1. The number of hydrogen-bond donors (Lipinski definition) is 2. The van der Waals surface area contributed by atoms with Gasteiger partial charge in [0.1, 0.15) is 5.82 Å². The van der Waals surface area contributed by atoms with E-state index in [4.69, 9.17) is 5.73 Å². The average Bonchev–Trinajstić information content (AvgIpc) is 2.94. The zero-order valence-electron chi connectivity index (χ0n) is 13.5. The van der Waals surface area contributed by atoms with Gasteiger partial charge in [-0.2, -0.15) is 0 Å². The first-order chi connectivity index (χ1) is 11.4. The van der Waals surface area contributed by atoms with Gasteiger partial charge in [0.15, 0.2) is 16.4 Å². The van der Waals surface area contributed by atoms with E-state index in [0.29, 0.717) is 11.4 Å². The number of nitrogens with zero attached hydrogens (tertiary/aromatic N) is 3. The monoisotopic (exact) mass is 385 g/mol. The minimum absolute atomic E-state index is 0. The van der Waals surface area contributed by atoms with Crippen LogP contribution in [0.3, 0.4) is 0 Å². The number of rotatable bonds is 4. The molecular weight excluding hydrogens is 369 g/mol. The Morgan fingerprint density at radius 3 is 2.64 bits per heavy atom. The second-order valence-electron chi connectivity index (χ2n) is 5.22. The van der Waals surface area contributed by atoms with Crippen molar-refractivity contribution in [2.75, 3.05) is 12.4 Å². The van der Waals surface area contributed by atoms with Crippen molar-refractivity contribution < 1.29 is 12.8 Å². The van der Waals surface area contributed by atoms with Gasteiger partial charge in [0, 0.05) is 19.3 Å². The van der Waals surface area contributed by atoms with Crippen LogP contribution in [-0.2, 0) is 16.4 Å². The number of nitrogens with two attached hydrogens (primary N) is 1. The van der Waals surface area contributed by atoms with Crippen molar-refractivity contribution in [2.24, 2.45) is 5.73 Å². The molecule has 0 aliphatic carbocycles. The number of aromatic nitrogens is 3. The Balaban J connectivity index is 0.00000225. The van der Waals surface area contributed by atoms with Crippen molar-refractivity contribution in [3.8, 4) is 0 Å². The zero-order valence-corrected chi connectivity index (χ0v) is 15.2. The van der Waals surface area contributed by atoms with Gasteiger partial charge in [-0.25, -0.2) is 22.3 Å². The Labute approximate surface area is 150 Å². The molecule has 0 saturated carbocycles. The maximum absolute atomic E-state index is 13.5. The van der Waals surface area contributed by atoms with Crippen LogP contribution in [0.15, 0.2) is 40.1 Å². The van der Waals surface area contributed by atoms with Crippen LogP contribution in [0.1, 0.15) is 11.4 Å². The summed E-state index contributed by atoms with van der Waals surface area (Å²) in [5, 5.41) is 7.01. The van der Waals surface area contributed by atoms with Crippen molar-refractivity contribution in [3.63, 3.8) is 0 Å². The topological polar surface area (TPSA) is 102 Å². The minimum Gasteiger partial charge on any atom is -0.370 e. The third-order valence-corrected chi connectivity index (χ3v) is 5.39. The second kappa shape index (κ2) is 6.95. The van der Waals surface area contributed by atoms with Gasteiger partial charge in [-0.3, -0.25) is 0 Å². The van der Waals surface area contributed by atoms with E-state index < -0.39 is 15.7 Å². The Bertz CT molecular complexity index is 1040. The normalized spacial score (nSPS) is 11.4. The van der Waals surface area contributed by atoms with Crippen molar-refractivity contribution >= 4 is 33.7 Å². The van der Waals surface area contributed by atoms with Gasteiger partial charge < -0.3 is 11.1 Å². The van der Waals surface area contributed by atoms with E-state index in [1.807, 2.05) is 0 Å². The summed E-state index contributed by atoms with van der Waals surface area (Å²) in [6.45, 7) is 1.94. The molecule has 7 nitrogen and oxygen atoms in total. The number of aryl methyl sites for hydroxylation is 1. The number of sulfone groups is 1. The van der Waals surface area contributed by atoms with E-state index in [-0.39, 0.29) is 40.2 Å². The van der Waals surface area contributed by atoms with Gasteiger partial charge in [0.2, 0.25) is 9.84 Å². The maximum Gasteiger partial charge on any atom is 0.214 e. The fraction of sp³-hybridized carbons (Fsp3) is 0.200. The number of benzene rings is 1. The second-order valence-corrected chi connectivity index (χ2v) is 7.10. The van der Waals surface area contributed by atoms with Gasteiger partial charge >= 0.3 is 0 Å². The third-order valence-electron chi connectivity index (χ3n) is 3.60. The summed E-state index contributed by atoms with van der Waals surface area (Å²) >= 11 is 0. The standard InChI is InChI=1S/C15H16FN5O2S.ClH/c1-9-6-11(8-17)19-15-13(14(18-2)20-21(9)15)24(22,23)12-5-3-4-10(16)7-12;/h3-7H,8,17H2,1-2H3,(H,18,20);1H. The number of hydrogen-bond acceptors (Lipinski definition) is 6. The summed E-state index contributed by atoms with van der Waals surface area (Å²) < 4.78 is 41.0. The summed E-state index contributed by atoms with van der Waals surface area (Å²) in [7, 11) is -2.46. The van der Waals surface area contributed by atoms with Gasteiger partial charge in [0.25, 0.3) is 0 Å². The van der Waals surface area contributed by atoms with Crippen molar-refractivity contribution in [1.82, 2.24) is 14.6 Å². The smallest absolute Gasteiger partial charge is 0.214 e. The first-order valence-corrected chi connectivity index (χ1v) is 8.64. The summed E-state index contributed by atoms with van der Waals surface area (Å²) in [5.74, 6) is -0.491. The van der Waals surface area contributed by atoms with E-state index in [9.17, 15) is 12.8 Å². The molecule has 1 aromatic carbocycles. The number of halogens is 2. The van der Waals surface area contributed by atoms with Crippen molar-refractivity contribution in [3.05, 3.63) is 47.5 Å². The highest BCUT2D eigenvalue weighted by Gasteiger charge is 2.29. The Morgan fingerprint density at radius 1 is 1.32 bits per heavy atom. The Hall–Kier alpha value is -2.23. The highest BCUT2D eigenvalue weighted by molar-refractivity contribution is 7.91. The van der Waals surface area contributed by atoms with E-state index in [1.54, 1.807) is 20.0 Å². The molecule has 0 atom stereocenters. The van der Waals surface area contributed by atoms with Gasteiger partial charge in [-0.1, -0.05) is 6.07 Å². The molecule has 2 aromatic heterocycles. The van der Waals surface area contributed by atoms with Gasteiger partial charge in [0.05, 0.1) is 10.6 Å². The summed E-state index contributed by atoms with van der Waals surface area (Å²) in [6, 6.07) is 6.57. The van der Waals surface area contributed by atoms with Gasteiger partial charge in [-0.05, 0) is 31.2 Å². The van der Waals surface area contributed by atoms with E-state index in [2.05, 4.69) is 15.4 Å². The van der Waals surface area contributed by atoms with Crippen LogP contribution in [0.25, 0.3) is 5.65 Å². The lowest BCUT2D eigenvalue weighted by atomic mass is 10.3.